The lowest BCUT2D eigenvalue weighted by molar-refractivity contribution is -0.383. The van der Waals surface area contributed by atoms with E-state index in [0.717, 1.165) is 19.3 Å². The first-order chi connectivity index (χ1) is 13.9. The number of nitrogens with one attached hydrogen (secondary N) is 2. The smallest absolute Gasteiger partial charge is 0.353 e. The van der Waals surface area contributed by atoms with Gasteiger partial charge in [0.15, 0.2) is 0 Å². The highest BCUT2D eigenvalue weighted by Gasteiger charge is 2.51. The lowest BCUT2D eigenvalue weighted by Gasteiger charge is -2.57. The molecule has 2 aromatic rings. The van der Waals surface area contributed by atoms with Crippen LogP contribution in [0.25, 0.3) is 0 Å². The van der Waals surface area contributed by atoms with Crippen molar-refractivity contribution in [2.75, 3.05) is 10.6 Å². The molecule has 0 amide bonds. The third kappa shape index (κ3) is 3.39. The Labute approximate surface area is 172 Å². The largest absolute Gasteiger partial charge is 0.359 e. The van der Waals surface area contributed by atoms with Crippen molar-refractivity contribution in [2.24, 2.45) is 17.8 Å². The van der Waals surface area contributed by atoms with Crippen LogP contribution in [0, 0.1) is 33.7 Å². The van der Waals surface area contributed by atoms with Gasteiger partial charge in [-0.1, -0.05) is 11.6 Å². The molecule has 6 rings (SSSR count). The Balaban J connectivity index is 1.47. The topological polar surface area (TPSA) is 93.0 Å². The summed E-state index contributed by atoms with van der Waals surface area (Å²) in [4.78, 5) is 19.7. The van der Waals surface area contributed by atoms with Crippen LogP contribution in [0.15, 0.2) is 24.5 Å². The monoisotopic (exact) mass is 417 g/mol. The summed E-state index contributed by atoms with van der Waals surface area (Å²) in [6, 6.07) is 4.03. The zero-order chi connectivity index (χ0) is 20.2. The summed E-state index contributed by atoms with van der Waals surface area (Å²) in [5.41, 5.74) is 0.0901. The zero-order valence-corrected chi connectivity index (χ0v) is 16.5. The first-order valence-electron chi connectivity index (χ1n) is 9.90. The fourth-order valence-corrected chi connectivity index (χ4v) is 6.14. The highest BCUT2D eigenvalue weighted by atomic mass is 35.5. The molecule has 4 aliphatic carbocycles. The van der Waals surface area contributed by atoms with E-state index in [1.807, 2.05) is 0 Å². The van der Waals surface area contributed by atoms with E-state index < -0.39 is 10.7 Å². The first kappa shape index (κ1) is 18.5. The predicted molar refractivity (Wildman–Crippen MR) is 108 cm³/mol. The third-order valence-electron chi connectivity index (χ3n) is 6.61. The molecule has 0 aliphatic heterocycles. The van der Waals surface area contributed by atoms with Crippen molar-refractivity contribution >= 4 is 34.6 Å². The number of aromatic nitrogens is 2. The minimum Gasteiger partial charge on any atom is -0.359 e. The van der Waals surface area contributed by atoms with E-state index in [1.54, 1.807) is 0 Å². The maximum absolute atomic E-state index is 13.4. The summed E-state index contributed by atoms with van der Waals surface area (Å²) >= 11 is 5.82. The highest BCUT2D eigenvalue weighted by molar-refractivity contribution is 6.31. The molecule has 2 N–H and O–H groups in total. The van der Waals surface area contributed by atoms with Gasteiger partial charge in [-0.25, -0.2) is 14.4 Å². The molecule has 152 valence electrons. The van der Waals surface area contributed by atoms with Gasteiger partial charge in [-0.3, -0.25) is 10.1 Å². The molecule has 1 aromatic carbocycles. The van der Waals surface area contributed by atoms with Crippen molar-refractivity contribution in [2.45, 2.75) is 44.1 Å². The molecule has 7 nitrogen and oxygen atoms in total. The van der Waals surface area contributed by atoms with Gasteiger partial charge in [-0.2, -0.15) is 0 Å². The van der Waals surface area contributed by atoms with Gasteiger partial charge in [0.25, 0.3) is 0 Å². The maximum Gasteiger partial charge on any atom is 0.353 e. The molecule has 29 heavy (non-hydrogen) atoms. The summed E-state index contributed by atoms with van der Waals surface area (Å²) < 4.78 is 13.4. The van der Waals surface area contributed by atoms with E-state index in [-0.39, 0.29) is 27.9 Å². The molecule has 4 fully saturated rings. The number of halogens is 2. The second-order valence-corrected chi connectivity index (χ2v) is 9.16. The molecule has 1 aromatic heterocycles. The molecule has 0 unspecified atom stereocenters. The lowest BCUT2D eigenvalue weighted by atomic mass is 9.53. The molecule has 1 heterocycles. The van der Waals surface area contributed by atoms with Gasteiger partial charge >= 0.3 is 5.69 Å². The molecule has 4 bridgehead atoms. The average Bonchev–Trinajstić information content (AvgIpc) is 2.63. The van der Waals surface area contributed by atoms with Crippen molar-refractivity contribution < 1.29 is 9.31 Å². The second kappa shape index (κ2) is 6.79. The van der Waals surface area contributed by atoms with Gasteiger partial charge in [-0.15, -0.1) is 0 Å². The van der Waals surface area contributed by atoms with Gasteiger partial charge in [0.1, 0.15) is 12.1 Å². The molecular formula is C20H21ClFN5O2. The van der Waals surface area contributed by atoms with Crippen molar-refractivity contribution in [1.29, 1.82) is 0 Å². The van der Waals surface area contributed by atoms with E-state index >= 15 is 0 Å². The van der Waals surface area contributed by atoms with Gasteiger partial charge in [0.05, 0.1) is 9.95 Å². The van der Waals surface area contributed by atoms with Crippen LogP contribution >= 0.6 is 11.6 Å². The Kier molecular flexibility index (Phi) is 4.34. The van der Waals surface area contributed by atoms with Crippen LogP contribution in [0.5, 0.6) is 0 Å². The van der Waals surface area contributed by atoms with Crippen LogP contribution in [0.3, 0.4) is 0 Å². The Morgan fingerprint density at radius 3 is 2.31 bits per heavy atom. The Morgan fingerprint density at radius 1 is 1.10 bits per heavy atom. The van der Waals surface area contributed by atoms with Crippen LogP contribution in [0.4, 0.5) is 27.4 Å². The van der Waals surface area contributed by atoms with Crippen LogP contribution in [0.2, 0.25) is 5.02 Å². The summed E-state index contributed by atoms with van der Waals surface area (Å²) in [7, 11) is 0. The van der Waals surface area contributed by atoms with Gasteiger partial charge < -0.3 is 10.6 Å². The number of hydrogen-bond donors (Lipinski definition) is 2. The SMILES string of the molecule is O=[N+]([O-])c1c(Nc2ccc(F)c(Cl)c2)ncnc1NC12CC3CC(CC(C3)C1)C2. The van der Waals surface area contributed by atoms with Crippen LogP contribution < -0.4 is 10.6 Å². The first-order valence-corrected chi connectivity index (χ1v) is 10.3. The lowest BCUT2D eigenvalue weighted by Crippen LogP contribution is -2.55. The number of anilines is 3. The molecular weight excluding hydrogens is 397 g/mol. The summed E-state index contributed by atoms with van der Waals surface area (Å²) in [5, 5.41) is 18.2. The standard InChI is InChI=1S/C20H21ClFN5O2/c21-15-6-14(1-2-16(15)22)25-18-17(27(28)29)19(24-10-23-18)26-20-7-11-3-12(8-20)5-13(4-11)9-20/h1-2,6,10-13H,3-5,7-9H2,(H2,23,24,25,26). The number of hydrogen-bond acceptors (Lipinski definition) is 6. The molecule has 9 heteroatoms. The average molecular weight is 418 g/mol. The van der Waals surface area contributed by atoms with Gasteiger partial charge in [-0.05, 0) is 74.5 Å². The highest BCUT2D eigenvalue weighted by Crippen LogP contribution is 2.57. The van der Waals surface area contributed by atoms with Crippen molar-refractivity contribution in [3.63, 3.8) is 0 Å². The summed E-state index contributed by atoms with van der Waals surface area (Å²) in [6.07, 6.45) is 8.27. The summed E-state index contributed by atoms with van der Waals surface area (Å²) in [5.74, 6) is 1.84. The fraction of sp³-hybridized carbons (Fsp3) is 0.500. The molecule has 0 atom stereocenters. The zero-order valence-electron chi connectivity index (χ0n) is 15.7. The number of nitro groups is 1. The normalized spacial score (nSPS) is 29.7. The number of benzene rings is 1. The van der Waals surface area contributed by atoms with E-state index in [2.05, 4.69) is 20.6 Å². The van der Waals surface area contributed by atoms with Gasteiger partial charge in [0.2, 0.25) is 11.6 Å². The predicted octanol–water partition coefficient (Wildman–Crippen LogP) is 5.30. The van der Waals surface area contributed by atoms with E-state index in [9.17, 15) is 14.5 Å². The minimum absolute atomic E-state index is 0.0555. The molecule has 0 spiro atoms. The molecule has 4 saturated carbocycles. The quantitative estimate of drug-likeness (QED) is 0.506. The number of rotatable bonds is 5. The fourth-order valence-electron chi connectivity index (χ4n) is 5.96. The Morgan fingerprint density at radius 2 is 1.72 bits per heavy atom. The Bertz CT molecular complexity index is 950. The van der Waals surface area contributed by atoms with E-state index in [1.165, 1.54) is 43.8 Å². The minimum atomic E-state index is -0.557. The Hall–Kier alpha value is -2.48. The van der Waals surface area contributed by atoms with Crippen molar-refractivity contribution in [3.8, 4) is 0 Å². The second-order valence-electron chi connectivity index (χ2n) is 8.75. The third-order valence-corrected chi connectivity index (χ3v) is 6.90. The van der Waals surface area contributed by atoms with Crippen molar-refractivity contribution in [1.82, 2.24) is 9.97 Å². The van der Waals surface area contributed by atoms with E-state index in [0.29, 0.717) is 23.4 Å². The van der Waals surface area contributed by atoms with Crippen LogP contribution in [-0.4, -0.2) is 20.4 Å². The van der Waals surface area contributed by atoms with E-state index in [4.69, 9.17) is 11.6 Å². The summed E-state index contributed by atoms with van der Waals surface area (Å²) in [6.45, 7) is 0. The van der Waals surface area contributed by atoms with Crippen LogP contribution in [-0.2, 0) is 0 Å². The maximum atomic E-state index is 13.4. The van der Waals surface area contributed by atoms with Gasteiger partial charge in [0, 0.05) is 11.2 Å². The van der Waals surface area contributed by atoms with Crippen molar-refractivity contribution in [3.05, 3.63) is 45.5 Å². The molecule has 0 saturated heterocycles. The molecule has 0 radical (unpaired) electrons. The van der Waals surface area contributed by atoms with Crippen LogP contribution in [0.1, 0.15) is 38.5 Å². The number of nitrogens with zero attached hydrogens (tertiary/aromatic N) is 3. The molecule has 4 aliphatic rings.